The van der Waals surface area contributed by atoms with Gasteiger partial charge in [-0.05, 0) is 29.8 Å². The molecule has 2 aliphatic heterocycles. The number of benzene rings is 1. The van der Waals surface area contributed by atoms with Gasteiger partial charge in [0.25, 0.3) is 5.91 Å². The van der Waals surface area contributed by atoms with E-state index in [4.69, 9.17) is 16.0 Å². The molecule has 2 aromatic heterocycles. The van der Waals surface area contributed by atoms with Gasteiger partial charge in [0.15, 0.2) is 11.9 Å². The highest BCUT2D eigenvalue weighted by Gasteiger charge is 2.56. The lowest BCUT2D eigenvalue weighted by atomic mass is 9.85. The molecule has 2 aliphatic rings. The van der Waals surface area contributed by atoms with Crippen LogP contribution in [0.15, 0.2) is 72.2 Å². The van der Waals surface area contributed by atoms with Crippen molar-refractivity contribution in [3.63, 3.8) is 0 Å². The second-order valence-corrected chi connectivity index (χ2v) is 7.70. The van der Waals surface area contributed by atoms with Crippen LogP contribution < -0.4 is 4.73 Å². The first-order valence-corrected chi connectivity index (χ1v) is 9.68. The van der Waals surface area contributed by atoms with Crippen molar-refractivity contribution in [2.75, 3.05) is 13.1 Å². The van der Waals surface area contributed by atoms with Gasteiger partial charge in [0.05, 0.1) is 18.9 Å². The third-order valence-electron chi connectivity index (χ3n) is 5.88. The summed E-state index contributed by atoms with van der Waals surface area (Å²) in [5, 5.41) is 13.2. The van der Waals surface area contributed by atoms with Crippen LogP contribution in [0.1, 0.15) is 27.2 Å². The first-order chi connectivity index (χ1) is 14.0. The average Bonchev–Trinajstić information content (AvgIpc) is 3.38. The topological polar surface area (TPSA) is 63.6 Å². The monoisotopic (exact) mass is 407 g/mol. The van der Waals surface area contributed by atoms with Crippen LogP contribution in [0.3, 0.4) is 0 Å². The highest BCUT2D eigenvalue weighted by atomic mass is 35.5. The second-order valence-electron chi connectivity index (χ2n) is 7.26. The van der Waals surface area contributed by atoms with Crippen molar-refractivity contribution in [2.24, 2.45) is 0 Å². The predicted octanol–water partition coefficient (Wildman–Crippen LogP) is 3.40. The normalized spacial score (nSPS) is 20.5. The van der Waals surface area contributed by atoms with Crippen LogP contribution in [0, 0.1) is 5.21 Å². The molecule has 1 unspecified atom stereocenters. The fourth-order valence-electron chi connectivity index (χ4n) is 4.52. The molecule has 6 nitrogen and oxygen atoms in total. The number of amides is 1. The Labute approximate surface area is 172 Å². The van der Waals surface area contributed by atoms with Crippen LogP contribution in [0.5, 0.6) is 0 Å². The van der Waals surface area contributed by atoms with E-state index in [-0.39, 0.29) is 5.91 Å². The molecule has 0 radical (unpaired) electrons. The van der Waals surface area contributed by atoms with Crippen LogP contribution >= 0.6 is 11.6 Å². The molecule has 5 rings (SSSR count). The third-order valence-corrected chi connectivity index (χ3v) is 6.13. The third kappa shape index (κ3) is 2.49. The number of furan rings is 1. The molecule has 146 valence electrons. The Kier molecular flexibility index (Phi) is 3.93. The number of rotatable bonds is 3. The summed E-state index contributed by atoms with van der Waals surface area (Å²) in [5.74, 6) is -0.158. The number of fused-ring (bicyclic) bond motifs is 2. The number of nitrogens with zero attached hydrogens (tertiary/aromatic N) is 3. The number of hydrogen-bond donors (Lipinski definition) is 0. The summed E-state index contributed by atoms with van der Waals surface area (Å²) in [4.78, 5) is 17.4. The lowest BCUT2D eigenvalue weighted by Crippen LogP contribution is -2.59. The summed E-state index contributed by atoms with van der Waals surface area (Å²) in [7, 11) is 0. The van der Waals surface area contributed by atoms with E-state index in [1.807, 2.05) is 23.1 Å². The summed E-state index contributed by atoms with van der Waals surface area (Å²) in [6, 6.07) is 12.6. The van der Waals surface area contributed by atoms with Gasteiger partial charge in [0.2, 0.25) is 5.69 Å². The van der Waals surface area contributed by atoms with Crippen molar-refractivity contribution in [1.82, 2.24) is 9.80 Å². The first kappa shape index (κ1) is 17.8. The first-order valence-electron chi connectivity index (χ1n) is 9.30. The summed E-state index contributed by atoms with van der Waals surface area (Å²) in [6.07, 6.45) is 5.00. The van der Waals surface area contributed by atoms with Crippen LogP contribution in [-0.4, -0.2) is 28.8 Å². The summed E-state index contributed by atoms with van der Waals surface area (Å²) >= 11 is 6.13. The van der Waals surface area contributed by atoms with Gasteiger partial charge in [-0.1, -0.05) is 30.3 Å². The Morgan fingerprint density at radius 1 is 1.21 bits per heavy atom. The molecule has 0 aliphatic carbocycles. The Balaban J connectivity index is 1.73. The SMILES string of the molecule is C=C(c1ccoc1)N1CCN2C(=O)c3ccc[n+]([O-])c3CC12c1ccc(Cl)cc1. The average molecular weight is 408 g/mol. The maximum absolute atomic E-state index is 13.4. The number of pyridine rings is 1. The molecule has 0 saturated carbocycles. The Morgan fingerprint density at radius 3 is 2.72 bits per heavy atom. The summed E-state index contributed by atoms with van der Waals surface area (Å²) < 4.78 is 6.03. The van der Waals surface area contributed by atoms with Crippen molar-refractivity contribution in [2.45, 2.75) is 12.1 Å². The van der Waals surface area contributed by atoms with E-state index in [1.54, 1.807) is 36.8 Å². The molecular formula is C22H18ClN3O3. The van der Waals surface area contributed by atoms with E-state index >= 15 is 0 Å². The minimum Gasteiger partial charge on any atom is -0.618 e. The van der Waals surface area contributed by atoms with Gasteiger partial charge in [-0.3, -0.25) is 4.79 Å². The van der Waals surface area contributed by atoms with E-state index in [2.05, 4.69) is 11.5 Å². The number of carbonyl (C=O) groups excluding carboxylic acids is 1. The van der Waals surface area contributed by atoms with E-state index in [1.165, 1.54) is 6.20 Å². The van der Waals surface area contributed by atoms with E-state index in [0.717, 1.165) is 21.6 Å². The molecular weight excluding hydrogens is 390 g/mol. The zero-order valence-electron chi connectivity index (χ0n) is 15.5. The minimum atomic E-state index is -0.865. The van der Waals surface area contributed by atoms with Crippen molar-refractivity contribution >= 4 is 23.2 Å². The Morgan fingerprint density at radius 2 is 2.00 bits per heavy atom. The lowest BCUT2D eigenvalue weighted by Gasteiger charge is -2.47. The highest BCUT2D eigenvalue weighted by Crippen LogP contribution is 2.47. The molecule has 1 amide bonds. The van der Waals surface area contributed by atoms with Gasteiger partial charge < -0.3 is 19.4 Å². The Hall–Kier alpha value is -3.25. The number of hydrogen-bond acceptors (Lipinski definition) is 4. The fraction of sp³-hybridized carbons (Fsp3) is 0.182. The van der Waals surface area contributed by atoms with Crippen LogP contribution in [0.4, 0.5) is 0 Å². The number of halogens is 1. The van der Waals surface area contributed by atoms with E-state index in [0.29, 0.717) is 35.8 Å². The quantitative estimate of drug-likeness (QED) is 0.493. The van der Waals surface area contributed by atoms with Crippen molar-refractivity contribution in [3.05, 3.63) is 100 Å². The van der Waals surface area contributed by atoms with Crippen LogP contribution in [-0.2, 0) is 12.1 Å². The van der Waals surface area contributed by atoms with Gasteiger partial charge in [-0.2, -0.15) is 4.73 Å². The molecule has 1 atom stereocenters. The van der Waals surface area contributed by atoms with Gasteiger partial charge in [0, 0.05) is 35.4 Å². The maximum atomic E-state index is 13.4. The standard InChI is InChI=1S/C22H18ClN3O3/c1-15(16-8-12-29-14-16)24-10-11-25-21(27)19-3-2-9-26(28)20(19)13-22(24,25)17-4-6-18(23)7-5-17/h2-9,12,14H,1,10-11,13H2. The zero-order valence-corrected chi connectivity index (χ0v) is 16.3. The summed E-state index contributed by atoms with van der Waals surface area (Å²) in [5.41, 5.74) is 2.49. The number of aromatic nitrogens is 1. The minimum absolute atomic E-state index is 0.158. The molecule has 3 aromatic rings. The largest absolute Gasteiger partial charge is 0.618 e. The van der Waals surface area contributed by atoms with E-state index < -0.39 is 5.66 Å². The van der Waals surface area contributed by atoms with Gasteiger partial charge >= 0.3 is 0 Å². The van der Waals surface area contributed by atoms with Gasteiger partial charge in [0.1, 0.15) is 5.56 Å². The van der Waals surface area contributed by atoms with Gasteiger partial charge in [-0.25, -0.2) is 0 Å². The Bertz CT molecular complexity index is 1110. The molecule has 0 N–H and O–H groups in total. The smallest absolute Gasteiger partial charge is 0.262 e. The molecule has 1 aromatic carbocycles. The molecule has 0 spiro atoms. The molecule has 1 saturated heterocycles. The number of carbonyl (C=O) groups is 1. The van der Waals surface area contributed by atoms with Crippen molar-refractivity contribution in [1.29, 1.82) is 0 Å². The lowest BCUT2D eigenvalue weighted by molar-refractivity contribution is -0.615. The molecule has 0 bridgehead atoms. The maximum Gasteiger partial charge on any atom is 0.262 e. The zero-order chi connectivity index (χ0) is 20.2. The van der Waals surface area contributed by atoms with Crippen molar-refractivity contribution in [3.8, 4) is 0 Å². The van der Waals surface area contributed by atoms with Crippen molar-refractivity contribution < 1.29 is 13.9 Å². The second kappa shape index (κ2) is 6.39. The predicted molar refractivity (Wildman–Crippen MR) is 108 cm³/mol. The van der Waals surface area contributed by atoms with Crippen LogP contribution in [0.25, 0.3) is 5.70 Å². The molecule has 7 heteroatoms. The molecule has 4 heterocycles. The molecule has 1 fully saturated rings. The summed E-state index contributed by atoms with van der Waals surface area (Å²) in [6.45, 7) is 5.39. The van der Waals surface area contributed by atoms with Gasteiger partial charge in [-0.15, -0.1) is 0 Å². The highest BCUT2D eigenvalue weighted by molar-refractivity contribution is 6.30. The molecule has 29 heavy (non-hydrogen) atoms. The van der Waals surface area contributed by atoms with E-state index in [9.17, 15) is 10.0 Å². The fourth-order valence-corrected chi connectivity index (χ4v) is 4.64. The van der Waals surface area contributed by atoms with Crippen LogP contribution in [0.2, 0.25) is 5.02 Å².